The molecule has 0 radical (unpaired) electrons. The smallest absolute Gasteiger partial charge is 0.303 e. The van der Waals surface area contributed by atoms with Crippen LogP contribution in [0.3, 0.4) is 0 Å². The van der Waals surface area contributed by atoms with Crippen LogP contribution in [0, 0.1) is 5.92 Å². The van der Waals surface area contributed by atoms with Gasteiger partial charge in [-0.15, -0.1) is 0 Å². The molecule has 1 unspecified atom stereocenters. The summed E-state index contributed by atoms with van der Waals surface area (Å²) in [7, 11) is 1.87. The molecule has 0 saturated carbocycles. The molecule has 0 spiro atoms. The number of carbonyl (C=O) groups excluding carboxylic acids is 2. The van der Waals surface area contributed by atoms with E-state index in [2.05, 4.69) is 16.3 Å². The van der Waals surface area contributed by atoms with Crippen LogP contribution in [0.5, 0.6) is 0 Å². The minimum Gasteiger partial charge on any atom is -0.481 e. The molecule has 2 N–H and O–H groups in total. The monoisotopic (exact) mass is 389 g/mol. The molecule has 1 aromatic rings. The highest BCUT2D eigenvalue weighted by Gasteiger charge is 2.30. The van der Waals surface area contributed by atoms with Crippen LogP contribution in [0.15, 0.2) is 24.3 Å². The van der Waals surface area contributed by atoms with Crippen LogP contribution in [0.2, 0.25) is 0 Å². The van der Waals surface area contributed by atoms with Crippen molar-refractivity contribution in [2.24, 2.45) is 5.92 Å². The Morgan fingerprint density at radius 3 is 2.50 bits per heavy atom. The van der Waals surface area contributed by atoms with E-state index >= 15 is 0 Å². The Morgan fingerprint density at radius 2 is 1.89 bits per heavy atom. The van der Waals surface area contributed by atoms with E-state index in [4.69, 9.17) is 5.11 Å². The van der Waals surface area contributed by atoms with Crippen LogP contribution in [-0.2, 0) is 14.4 Å². The molecule has 0 aliphatic carbocycles. The minimum atomic E-state index is -0.726. The van der Waals surface area contributed by atoms with Gasteiger partial charge in [-0.1, -0.05) is 19.9 Å². The molecule has 2 fully saturated rings. The van der Waals surface area contributed by atoms with Crippen molar-refractivity contribution >= 4 is 29.2 Å². The summed E-state index contributed by atoms with van der Waals surface area (Å²) in [6.45, 7) is 5.67. The first-order chi connectivity index (χ1) is 13.4. The van der Waals surface area contributed by atoms with Crippen molar-refractivity contribution in [2.45, 2.75) is 52.0 Å². The molecule has 2 heterocycles. The van der Waals surface area contributed by atoms with E-state index in [-0.39, 0.29) is 30.2 Å². The van der Waals surface area contributed by atoms with Crippen LogP contribution < -0.4 is 15.1 Å². The molecule has 0 bridgehead atoms. The van der Waals surface area contributed by atoms with Gasteiger partial charge < -0.3 is 14.9 Å². The molecule has 3 rings (SSSR count). The minimum absolute atomic E-state index is 0.211. The van der Waals surface area contributed by atoms with Gasteiger partial charge >= 0.3 is 5.97 Å². The summed E-state index contributed by atoms with van der Waals surface area (Å²) in [5.41, 5.74) is 2.01. The highest BCUT2D eigenvalue weighted by atomic mass is 16.4. The molecule has 2 aliphatic rings. The molecule has 7 nitrogen and oxygen atoms in total. The number of imide groups is 1. The van der Waals surface area contributed by atoms with Gasteiger partial charge in [0.25, 0.3) is 0 Å². The Bertz CT molecular complexity index is 699. The van der Waals surface area contributed by atoms with Gasteiger partial charge in [0.05, 0.1) is 0 Å². The van der Waals surface area contributed by atoms with E-state index < -0.39 is 5.97 Å². The predicted octanol–water partition coefficient (Wildman–Crippen LogP) is 2.65. The van der Waals surface area contributed by atoms with Gasteiger partial charge in [0.2, 0.25) is 11.8 Å². The van der Waals surface area contributed by atoms with Crippen LogP contribution in [0.4, 0.5) is 11.4 Å². The van der Waals surface area contributed by atoms with E-state index in [0.717, 1.165) is 37.3 Å². The molecule has 154 valence electrons. The summed E-state index contributed by atoms with van der Waals surface area (Å²) in [5, 5.41) is 11.3. The van der Waals surface area contributed by atoms with Gasteiger partial charge in [0.1, 0.15) is 6.04 Å². The number of carboxylic acid groups (broad SMARTS) is 1. The zero-order chi connectivity index (χ0) is 20.7. The van der Waals surface area contributed by atoms with Crippen LogP contribution in [-0.4, -0.2) is 49.1 Å². The first-order valence-electron chi connectivity index (χ1n) is 10.1. The second-order valence-corrected chi connectivity index (χ2v) is 7.13. The maximum absolute atomic E-state index is 12.1. The summed E-state index contributed by atoms with van der Waals surface area (Å²) in [6, 6.07) is 7.69. The van der Waals surface area contributed by atoms with Crippen molar-refractivity contribution in [3.63, 3.8) is 0 Å². The number of benzene rings is 1. The standard InChI is InChI=1S/C19H25N3O4.C2H6/c1-21(16-5-6-17(23)20-19(16)26)14-3-2-4-15(12-14)22-9-7-13(8-10-22)11-18(24)25;1-2/h2-4,12-13,16H,5-11H2,1H3,(H,24,25)(H,20,23,26);1-2H3. The molecule has 1 aromatic carbocycles. The summed E-state index contributed by atoms with van der Waals surface area (Å²) in [5.74, 6) is -0.935. The van der Waals surface area contributed by atoms with E-state index in [1.54, 1.807) is 0 Å². The number of hydrogen-bond acceptors (Lipinski definition) is 5. The first-order valence-corrected chi connectivity index (χ1v) is 10.1. The zero-order valence-electron chi connectivity index (χ0n) is 17.0. The predicted molar refractivity (Wildman–Crippen MR) is 110 cm³/mol. The van der Waals surface area contributed by atoms with E-state index in [1.165, 1.54) is 0 Å². The van der Waals surface area contributed by atoms with Crippen molar-refractivity contribution in [1.29, 1.82) is 0 Å². The lowest BCUT2D eigenvalue weighted by atomic mass is 9.93. The molecular formula is C21H31N3O4. The highest BCUT2D eigenvalue weighted by Crippen LogP contribution is 2.29. The number of carbonyl (C=O) groups is 3. The third-order valence-electron chi connectivity index (χ3n) is 5.36. The SMILES string of the molecule is CC.CN(c1cccc(N2CCC(CC(=O)O)CC2)c1)C1CCC(=O)NC1=O. The lowest BCUT2D eigenvalue weighted by Gasteiger charge is -2.35. The van der Waals surface area contributed by atoms with Gasteiger partial charge in [-0.25, -0.2) is 0 Å². The van der Waals surface area contributed by atoms with Gasteiger partial charge in [-0.2, -0.15) is 0 Å². The number of nitrogens with zero attached hydrogens (tertiary/aromatic N) is 2. The molecule has 0 aromatic heterocycles. The highest BCUT2D eigenvalue weighted by molar-refractivity contribution is 6.01. The number of anilines is 2. The Balaban J connectivity index is 0.00000136. The van der Waals surface area contributed by atoms with Gasteiger partial charge in [-0.05, 0) is 43.4 Å². The number of aliphatic carboxylic acids is 1. The van der Waals surface area contributed by atoms with Gasteiger partial charge in [0.15, 0.2) is 0 Å². The Morgan fingerprint density at radius 1 is 1.21 bits per heavy atom. The summed E-state index contributed by atoms with van der Waals surface area (Å²) >= 11 is 0. The molecule has 2 saturated heterocycles. The third kappa shape index (κ3) is 5.47. The van der Waals surface area contributed by atoms with E-state index in [9.17, 15) is 14.4 Å². The third-order valence-corrected chi connectivity index (χ3v) is 5.36. The zero-order valence-corrected chi connectivity index (χ0v) is 17.0. The summed E-state index contributed by atoms with van der Waals surface area (Å²) in [4.78, 5) is 38.5. The average Bonchev–Trinajstić information content (AvgIpc) is 2.69. The normalized spacial score (nSPS) is 20.1. The van der Waals surface area contributed by atoms with E-state index in [0.29, 0.717) is 12.8 Å². The average molecular weight is 389 g/mol. The summed E-state index contributed by atoms with van der Waals surface area (Å²) in [6.07, 6.45) is 2.87. The fourth-order valence-corrected chi connectivity index (χ4v) is 3.78. The van der Waals surface area contributed by atoms with Crippen molar-refractivity contribution in [2.75, 3.05) is 29.9 Å². The Labute approximate surface area is 166 Å². The molecule has 28 heavy (non-hydrogen) atoms. The number of nitrogens with one attached hydrogen (secondary N) is 1. The largest absolute Gasteiger partial charge is 0.481 e. The van der Waals surface area contributed by atoms with Crippen molar-refractivity contribution in [3.05, 3.63) is 24.3 Å². The van der Waals surface area contributed by atoms with Crippen LogP contribution in [0.1, 0.15) is 46.0 Å². The number of hydrogen-bond donors (Lipinski definition) is 2. The maximum atomic E-state index is 12.1. The fraction of sp³-hybridized carbons (Fsp3) is 0.571. The Hall–Kier alpha value is -2.57. The van der Waals surface area contributed by atoms with E-state index in [1.807, 2.05) is 44.0 Å². The van der Waals surface area contributed by atoms with Crippen molar-refractivity contribution < 1.29 is 19.5 Å². The van der Waals surface area contributed by atoms with Gasteiger partial charge in [0, 0.05) is 44.4 Å². The lowest BCUT2D eigenvalue weighted by Crippen LogP contribution is -2.51. The molecule has 7 heteroatoms. The maximum Gasteiger partial charge on any atom is 0.303 e. The van der Waals surface area contributed by atoms with Crippen LogP contribution in [0.25, 0.3) is 0 Å². The van der Waals surface area contributed by atoms with Gasteiger partial charge in [-0.3, -0.25) is 19.7 Å². The number of piperidine rings is 2. The van der Waals surface area contributed by atoms with Crippen molar-refractivity contribution in [3.8, 4) is 0 Å². The second-order valence-electron chi connectivity index (χ2n) is 7.13. The second kappa shape index (κ2) is 10.1. The van der Waals surface area contributed by atoms with Crippen LogP contribution >= 0.6 is 0 Å². The molecule has 2 aliphatic heterocycles. The topological polar surface area (TPSA) is 89.9 Å². The van der Waals surface area contributed by atoms with Crippen molar-refractivity contribution in [1.82, 2.24) is 5.32 Å². The first kappa shape index (κ1) is 21.7. The number of carboxylic acids is 1. The quantitative estimate of drug-likeness (QED) is 0.753. The number of amides is 2. The number of likely N-dealkylation sites (N-methyl/N-ethyl adjacent to an activating group) is 1. The molecular weight excluding hydrogens is 358 g/mol. The molecule has 2 amide bonds. The molecule has 1 atom stereocenters. The summed E-state index contributed by atoms with van der Waals surface area (Å²) < 4.78 is 0. The number of rotatable bonds is 5. The lowest BCUT2D eigenvalue weighted by molar-refractivity contribution is -0.138. The Kier molecular flexibility index (Phi) is 7.84. The fourth-order valence-electron chi connectivity index (χ4n) is 3.78.